The zero-order chi connectivity index (χ0) is 16.6. The smallest absolute Gasteiger partial charge is 0.303 e. The molecule has 22 heavy (non-hydrogen) atoms. The summed E-state index contributed by atoms with van der Waals surface area (Å²) in [5.41, 5.74) is 0. The molecule has 1 unspecified atom stereocenters. The number of carboxylic acid groups (broad SMARTS) is 1. The van der Waals surface area contributed by atoms with E-state index in [0.29, 0.717) is 0 Å². The van der Waals surface area contributed by atoms with Crippen LogP contribution in [0.5, 0.6) is 0 Å². The largest absolute Gasteiger partial charge is 0.481 e. The van der Waals surface area contributed by atoms with Gasteiger partial charge in [0.15, 0.2) is 0 Å². The topological polar surface area (TPSA) is 71.4 Å². The number of carboxylic acids is 1. The van der Waals surface area contributed by atoms with Gasteiger partial charge in [0, 0.05) is 6.42 Å². The molecule has 0 aromatic rings. The van der Waals surface area contributed by atoms with Crippen molar-refractivity contribution < 1.29 is 18.3 Å². The number of rotatable bonds is 16. The predicted molar refractivity (Wildman–Crippen MR) is 92.1 cm³/mol. The summed E-state index contributed by atoms with van der Waals surface area (Å²) in [6, 6.07) is 0. The third-order valence-electron chi connectivity index (χ3n) is 4.12. The SMILES string of the molecule is CCCCCCCC(CCCCCCCCC(=O)O)[SH](=O)=O. The van der Waals surface area contributed by atoms with Gasteiger partial charge < -0.3 is 5.11 Å². The fourth-order valence-corrected chi connectivity index (χ4v) is 3.49. The van der Waals surface area contributed by atoms with E-state index in [4.69, 9.17) is 5.11 Å². The summed E-state index contributed by atoms with van der Waals surface area (Å²) in [4.78, 5) is 10.4. The van der Waals surface area contributed by atoms with Gasteiger partial charge in [0.2, 0.25) is 0 Å². The Labute approximate surface area is 137 Å². The maximum absolute atomic E-state index is 11.3. The Morgan fingerprint density at radius 3 is 1.73 bits per heavy atom. The van der Waals surface area contributed by atoms with Crippen LogP contribution in [0, 0.1) is 0 Å². The molecular weight excluding hydrogens is 300 g/mol. The molecule has 5 heteroatoms. The van der Waals surface area contributed by atoms with E-state index in [0.717, 1.165) is 64.2 Å². The second kappa shape index (κ2) is 15.3. The lowest BCUT2D eigenvalue weighted by atomic mass is 10.0. The van der Waals surface area contributed by atoms with Crippen molar-refractivity contribution in [1.29, 1.82) is 0 Å². The number of unbranched alkanes of at least 4 members (excludes halogenated alkanes) is 9. The highest BCUT2D eigenvalue weighted by atomic mass is 32.2. The molecule has 0 aromatic heterocycles. The van der Waals surface area contributed by atoms with Gasteiger partial charge in [-0.2, -0.15) is 0 Å². The summed E-state index contributed by atoms with van der Waals surface area (Å²) in [5, 5.41) is 8.39. The van der Waals surface area contributed by atoms with E-state index < -0.39 is 16.7 Å². The van der Waals surface area contributed by atoms with Gasteiger partial charge >= 0.3 is 5.97 Å². The maximum atomic E-state index is 11.3. The van der Waals surface area contributed by atoms with Crippen molar-refractivity contribution in [2.75, 3.05) is 0 Å². The maximum Gasteiger partial charge on any atom is 0.303 e. The zero-order valence-electron chi connectivity index (χ0n) is 14.1. The molecule has 0 amide bonds. The Hall–Kier alpha value is -0.580. The molecule has 0 radical (unpaired) electrons. The Morgan fingerprint density at radius 1 is 0.818 bits per heavy atom. The van der Waals surface area contributed by atoms with Gasteiger partial charge in [0.25, 0.3) is 0 Å². The van der Waals surface area contributed by atoms with E-state index in [9.17, 15) is 13.2 Å². The first-order valence-electron chi connectivity index (χ1n) is 8.93. The van der Waals surface area contributed by atoms with Crippen LogP contribution >= 0.6 is 0 Å². The lowest BCUT2D eigenvalue weighted by molar-refractivity contribution is -0.137. The first kappa shape index (κ1) is 21.4. The minimum atomic E-state index is -2.29. The van der Waals surface area contributed by atoms with Crippen molar-refractivity contribution in [3.63, 3.8) is 0 Å². The van der Waals surface area contributed by atoms with E-state index in [1.165, 1.54) is 19.3 Å². The van der Waals surface area contributed by atoms with Crippen molar-refractivity contribution in [1.82, 2.24) is 0 Å². The molecule has 0 aliphatic heterocycles. The van der Waals surface area contributed by atoms with Crippen LogP contribution in [-0.4, -0.2) is 24.7 Å². The molecule has 132 valence electrons. The number of carbonyl (C=O) groups is 1. The molecule has 0 rings (SSSR count). The van der Waals surface area contributed by atoms with Crippen LogP contribution in [0.15, 0.2) is 0 Å². The highest BCUT2D eigenvalue weighted by Crippen LogP contribution is 2.16. The number of hydrogen-bond donors (Lipinski definition) is 2. The van der Waals surface area contributed by atoms with Crippen molar-refractivity contribution in [2.45, 2.75) is 102 Å². The standard InChI is InChI=1S/C17H34O4S/c1-2-3-4-7-10-13-16(22(20)21)14-11-8-5-6-9-12-15-17(18)19/h16,22H,2-15H2,1H3,(H,18,19). The quantitative estimate of drug-likeness (QED) is 0.321. The van der Waals surface area contributed by atoms with Gasteiger partial charge in [-0.05, 0) is 19.3 Å². The second-order valence-corrected chi connectivity index (χ2v) is 7.50. The highest BCUT2D eigenvalue weighted by molar-refractivity contribution is 7.73. The van der Waals surface area contributed by atoms with E-state index >= 15 is 0 Å². The van der Waals surface area contributed by atoms with Gasteiger partial charge in [-0.15, -0.1) is 0 Å². The molecule has 4 nitrogen and oxygen atoms in total. The van der Waals surface area contributed by atoms with Crippen LogP contribution in [0.1, 0.15) is 96.8 Å². The average Bonchev–Trinajstić information content (AvgIpc) is 2.46. The Morgan fingerprint density at radius 2 is 1.27 bits per heavy atom. The summed E-state index contributed by atoms with van der Waals surface area (Å²) in [5.74, 6) is -0.721. The lowest BCUT2D eigenvalue weighted by Crippen LogP contribution is -2.09. The fourth-order valence-electron chi connectivity index (χ4n) is 2.70. The van der Waals surface area contributed by atoms with E-state index in [2.05, 4.69) is 6.92 Å². The predicted octanol–water partition coefficient (Wildman–Crippen LogP) is 4.53. The molecular formula is C17H34O4S. The van der Waals surface area contributed by atoms with Crippen molar-refractivity contribution >= 4 is 16.7 Å². The van der Waals surface area contributed by atoms with E-state index in [1.54, 1.807) is 0 Å². The third kappa shape index (κ3) is 14.4. The monoisotopic (exact) mass is 334 g/mol. The third-order valence-corrected chi connectivity index (χ3v) is 5.23. The molecule has 0 aliphatic carbocycles. The summed E-state index contributed by atoms with van der Waals surface area (Å²) in [7, 11) is -2.29. The normalized spacial score (nSPS) is 12.6. The summed E-state index contributed by atoms with van der Waals surface area (Å²) >= 11 is 0. The van der Waals surface area contributed by atoms with Gasteiger partial charge in [-0.3, -0.25) is 4.79 Å². The zero-order valence-corrected chi connectivity index (χ0v) is 15.0. The molecule has 1 atom stereocenters. The average molecular weight is 335 g/mol. The van der Waals surface area contributed by atoms with Crippen molar-refractivity contribution in [3.05, 3.63) is 0 Å². The molecule has 0 fully saturated rings. The molecule has 1 N–H and O–H groups in total. The first-order valence-corrected chi connectivity index (χ1v) is 10.2. The van der Waals surface area contributed by atoms with E-state index in [-0.39, 0.29) is 11.7 Å². The van der Waals surface area contributed by atoms with Crippen molar-refractivity contribution in [3.8, 4) is 0 Å². The minimum Gasteiger partial charge on any atom is -0.481 e. The lowest BCUT2D eigenvalue weighted by Gasteiger charge is -2.10. The Kier molecular flexibility index (Phi) is 14.9. The molecule has 0 aliphatic rings. The number of thiol groups is 1. The summed E-state index contributed by atoms with van der Waals surface area (Å²) in [6.07, 6.45) is 13.6. The Bertz CT molecular complexity index is 332. The molecule has 0 aromatic carbocycles. The van der Waals surface area contributed by atoms with Gasteiger partial charge in [0.05, 0.1) is 5.25 Å². The van der Waals surface area contributed by atoms with Crippen LogP contribution in [0.25, 0.3) is 0 Å². The van der Waals surface area contributed by atoms with Crippen LogP contribution in [-0.2, 0) is 15.5 Å². The first-order chi connectivity index (χ1) is 10.6. The summed E-state index contributed by atoms with van der Waals surface area (Å²) < 4.78 is 22.5. The second-order valence-electron chi connectivity index (χ2n) is 6.20. The molecule has 0 spiro atoms. The molecule has 0 bridgehead atoms. The van der Waals surface area contributed by atoms with Crippen LogP contribution in [0.2, 0.25) is 0 Å². The summed E-state index contributed by atoms with van der Waals surface area (Å²) in [6.45, 7) is 2.18. The van der Waals surface area contributed by atoms with Gasteiger partial charge in [-0.1, -0.05) is 71.1 Å². The van der Waals surface area contributed by atoms with Crippen LogP contribution in [0.4, 0.5) is 0 Å². The molecule has 0 saturated heterocycles. The van der Waals surface area contributed by atoms with Gasteiger partial charge in [0.1, 0.15) is 10.7 Å². The number of hydrogen-bond acceptors (Lipinski definition) is 3. The van der Waals surface area contributed by atoms with E-state index in [1.807, 2.05) is 0 Å². The van der Waals surface area contributed by atoms with Crippen LogP contribution < -0.4 is 0 Å². The van der Waals surface area contributed by atoms with Crippen molar-refractivity contribution in [2.24, 2.45) is 0 Å². The molecule has 0 heterocycles. The molecule has 0 saturated carbocycles. The minimum absolute atomic E-state index is 0.136. The highest BCUT2D eigenvalue weighted by Gasteiger charge is 2.10. The van der Waals surface area contributed by atoms with Crippen LogP contribution in [0.3, 0.4) is 0 Å². The fraction of sp³-hybridized carbons (Fsp3) is 0.941. The Balaban J connectivity index is 3.55. The van der Waals surface area contributed by atoms with Gasteiger partial charge in [-0.25, -0.2) is 8.42 Å². The number of aliphatic carboxylic acids is 1.